The van der Waals surface area contributed by atoms with Gasteiger partial charge in [-0.05, 0) is 25.0 Å². The minimum absolute atomic E-state index is 0.245. The molecule has 2 aliphatic rings. The van der Waals surface area contributed by atoms with Crippen LogP contribution in [0.4, 0.5) is 4.79 Å². The molecule has 1 aromatic carbocycles. The smallest absolute Gasteiger partial charge is 0.317 e. The first-order chi connectivity index (χ1) is 12.0. The lowest BCUT2D eigenvalue weighted by molar-refractivity contribution is -0.913. The number of hydrogen-bond acceptors (Lipinski definition) is 5. The second-order valence-electron chi connectivity index (χ2n) is 6.60. The van der Waals surface area contributed by atoms with Gasteiger partial charge in [-0.1, -0.05) is 12.1 Å². The number of nitrogens with zero attached hydrogens (tertiary/aromatic N) is 3. The molecule has 4 rings (SSSR count). The molecule has 3 heterocycles. The van der Waals surface area contributed by atoms with E-state index in [1.807, 2.05) is 18.2 Å². The summed E-state index contributed by atoms with van der Waals surface area (Å²) in [5.74, 6) is -1.14. The third kappa shape index (κ3) is 2.81. The lowest BCUT2D eigenvalue weighted by atomic mass is 9.99. The number of carbonyl (C=O) groups is 3. The predicted octanol–water partition coefficient (Wildman–Crippen LogP) is 0.437. The maximum absolute atomic E-state index is 12.1. The van der Waals surface area contributed by atoms with Gasteiger partial charge >= 0.3 is 17.8 Å². The largest absolute Gasteiger partial charge is 0.338 e. The van der Waals surface area contributed by atoms with Gasteiger partial charge in [0.1, 0.15) is 5.01 Å². The topological polar surface area (TPSA) is 75.0 Å². The number of fused-ring (bicyclic) bond motifs is 1. The van der Waals surface area contributed by atoms with Crippen molar-refractivity contribution in [1.29, 1.82) is 0 Å². The summed E-state index contributed by atoms with van der Waals surface area (Å²) in [6.07, 6.45) is 2.07. The second kappa shape index (κ2) is 6.20. The molecule has 0 bridgehead atoms. The fourth-order valence-electron chi connectivity index (χ4n) is 3.55. The molecule has 25 heavy (non-hydrogen) atoms. The number of hydrogen-bond donors (Lipinski definition) is 1. The molecule has 7 nitrogen and oxygen atoms in total. The zero-order valence-electron chi connectivity index (χ0n) is 13.9. The van der Waals surface area contributed by atoms with Crippen LogP contribution >= 0.6 is 11.3 Å². The second-order valence-corrected chi connectivity index (χ2v) is 7.66. The van der Waals surface area contributed by atoms with Crippen molar-refractivity contribution in [3.05, 3.63) is 29.3 Å². The molecule has 2 aliphatic heterocycles. The quantitative estimate of drug-likeness (QED) is 0.637. The van der Waals surface area contributed by atoms with E-state index >= 15 is 0 Å². The fourth-order valence-corrected chi connectivity index (χ4v) is 4.65. The number of carbonyl (C=O) groups excluding carboxylic acids is 3. The summed E-state index contributed by atoms with van der Waals surface area (Å²) >= 11 is 1.72. The van der Waals surface area contributed by atoms with Crippen molar-refractivity contribution < 1.29 is 19.3 Å². The van der Waals surface area contributed by atoms with Crippen LogP contribution in [0.2, 0.25) is 0 Å². The lowest BCUT2D eigenvalue weighted by Gasteiger charge is -2.30. The van der Waals surface area contributed by atoms with E-state index in [0.29, 0.717) is 5.92 Å². The Balaban J connectivity index is 1.49. The van der Waals surface area contributed by atoms with Gasteiger partial charge in [0.2, 0.25) is 0 Å². The van der Waals surface area contributed by atoms with Crippen molar-refractivity contribution in [1.82, 2.24) is 14.8 Å². The molecule has 4 amide bonds. The van der Waals surface area contributed by atoms with E-state index in [2.05, 4.69) is 6.07 Å². The lowest BCUT2D eigenvalue weighted by Crippen LogP contribution is -3.15. The molecule has 0 aliphatic carbocycles. The van der Waals surface area contributed by atoms with Crippen LogP contribution in [0.3, 0.4) is 0 Å². The van der Waals surface area contributed by atoms with Gasteiger partial charge in [-0.2, -0.15) is 0 Å². The van der Waals surface area contributed by atoms with Crippen LogP contribution in [0.5, 0.6) is 0 Å². The standard InChI is InChI=1S/C17H18N4O3S/c1-19-15(22)16(23)21(17(19)24)10-20-8-4-5-11(9-20)14-18-12-6-2-3-7-13(12)25-14/h2-3,6-7,11H,4-5,8-10H2,1H3/p+1/t11-/m0/s1. The third-order valence-electron chi connectivity index (χ3n) is 4.91. The first kappa shape index (κ1) is 16.2. The van der Waals surface area contributed by atoms with Crippen LogP contribution in [-0.4, -0.2) is 59.4 Å². The number of urea groups is 1. The van der Waals surface area contributed by atoms with Gasteiger partial charge in [-0.3, -0.25) is 14.5 Å². The predicted molar refractivity (Wildman–Crippen MR) is 92.2 cm³/mol. The van der Waals surface area contributed by atoms with Gasteiger partial charge in [0.05, 0.1) is 29.2 Å². The number of imide groups is 2. The van der Waals surface area contributed by atoms with Crippen LogP contribution < -0.4 is 4.90 Å². The van der Waals surface area contributed by atoms with E-state index in [1.165, 1.54) is 11.7 Å². The summed E-state index contributed by atoms with van der Waals surface area (Å²) in [6.45, 7) is 1.94. The summed E-state index contributed by atoms with van der Waals surface area (Å²) in [7, 11) is 1.35. The summed E-state index contributed by atoms with van der Waals surface area (Å²) in [5.41, 5.74) is 1.02. The maximum atomic E-state index is 12.1. The van der Waals surface area contributed by atoms with Crippen LogP contribution in [0.1, 0.15) is 23.8 Å². The number of para-hydroxylation sites is 1. The van der Waals surface area contributed by atoms with E-state index < -0.39 is 17.8 Å². The van der Waals surface area contributed by atoms with Crippen LogP contribution in [0, 0.1) is 0 Å². The minimum Gasteiger partial charge on any atom is -0.317 e. The Bertz CT molecular complexity index is 831. The van der Waals surface area contributed by atoms with Crippen molar-refractivity contribution in [2.45, 2.75) is 18.8 Å². The number of benzene rings is 1. The minimum atomic E-state index is -0.746. The highest BCUT2D eigenvalue weighted by atomic mass is 32.1. The Morgan fingerprint density at radius 1 is 1.24 bits per heavy atom. The SMILES string of the molecule is CN1C(=O)C(=O)N(C[NH+]2CCC[C@H](c3nc4ccccc4s3)C2)C1=O. The molecule has 0 saturated carbocycles. The molecule has 0 radical (unpaired) electrons. The number of likely N-dealkylation sites (tertiary alicyclic amines) is 1. The summed E-state index contributed by atoms with van der Waals surface area (Å²) in [6, 6.07) is 7.58. The van der Waals surface area contributed by atoms with Crippen molar-refractivity contribution >= 4 is 39.4 Å². The van der Waals surface area contributed by atoms with E-state index in [9.17, 15) is 14.4 Å². The third-order valence-corrected chi connectivity index (χ3v) is 6.11. The fraction of sp³-hybridized carbons (Fsp3) is 0.412. The summed E-state index contributed by atoms with van der Waals surface area (Å²) < 4.78 is 1.18. The zero-order valence-corrected chi connectivity index (χ0v) is 14.7. The number of amides is 4. The van der Waals surface area contributed by atoms with E-state index in [-0.39, 0.29) is 6.67 Å². The molecule has 130 valence electrons. The van der Waals surface area contributed by atoms with Crippen molar-refractivity contribution in [3.63, 3.8) is 0 Å². The number of rotatable bonds is 3. The van der Waals surface area contributed by atoms with E-state index in [4.69, 9.17) is 4.98 Å². The van der Waals surface area contributed by atoms with Gasteiger partial charge in [0.15, 0.2) is 6.67 Å². The van der Waals surface area contributed by atoms with Crippen LogP contribution in [0.25, 0.3) is 10.2 Å². The summed E-state index contributed by atoms with van der Waals surface area (Å²) in [4.78, 5) is 43.5. The van der Waals surface area contributed by atoms with Crippen LogP contribution in [-0.2, 0) is 9.59 Å². The molecule has 1 unspecified atom stereocenters. The van der Waals surface area contributed by atoms with E-state index in [1.54, 1.807) is 11.3 Å². The Labute approximate surface area is 148 Å². The van der Waals surface area contributed by atoms with Crippen molar-refractivity contribution in [2.75, 3.05) is 26.8 Å². The highest BCUT2D eigenvalue weighted by Gasteiger charge is 2.44. The Morgan fingerprint density at radius 2 is 2.04 bits per heavy atom. The van der Waals surface area contributed by atoms with Gasteiger partial charge in [0.25, 0.3) is 0 Å². The first-order valence-electron chi connectivity index (χ1n) is 8.37. The van der Waals surface area contributed by atoms with Gasteiger partial charge in [-0.25, -0.2) is 14.7 Å². The molecule has 1 N–H and O–H groups in total. The normalized spacial score (nSPS) is 24.6. The average molecular weight is 359 g/mol. The Kier molecular flexibility index (Phi) is 4.01. The Morgan fingerprint density at radius 3 is 2.76 bits per heavy atom. The van der Waals surface area contributed by atoms with Gasteiger partial charge in [-0.15, -0.1) is 11.3 Å². The van der Waals surface area contributed by atoms with Crippen molar-refractivity contribution in [2.24, 2.45) is 0 Å². The average Bonchev–Trinajstić information content (AvgIpc) is 3.14. The number of likely N-dealkylation sites (N-methyl/N-ethyl adjacent to an activating group) is 1. The Hall–Kier alpha value is -2.32. The molecule has 2 atom stereocenters. The number of nitrogens with one attached hydrogen (secondary N) is 1. The maximum Gasteiger partial charge on any atom is 0.338 e. The molecule has 0 spiro atoms. The highest BCUT2D eigenvalue weighted by molar-refractivity contribution is 7.18. The van der Waals surface area contributed by atoms with Crippen LogP contribution in [0.15, 0.2) is 24.3 Å². The number of aromatic nitrogens is 1. The number of quaternary nitrogens is 1. The van der Waals surface area contributed by atoms with Gasteiger partial charge in [0, 0.05) is 7.05 Å². The molecule has 2 saturated heterocycles. The zero-order chi connectivity index (χ0) is 17.6. The number of thiazole rings is 1. The number of piperidine rings is 1. The van der Waals surface area contributed by atoms with Gasteiger partial charge < -0.3 is 4.90 Å². The highest BCUT2D eigenvalue weighted by Crippen LogP contribution is 2.30. The monoisotopic (exact) mass is 359 g/mol. The van der Waals surface area contributed by atoms with E-state index in [0.717, 1.165) is 51.2 Å². The molecule has 8 heteroatoms. The molecular weight excluding hydrogens is 340 g/mol. The summed E-state index contributed by atoms with van der Waals surface area (Å²) in [5, 5.41) is 1.12. The van der Waals surface area contributed by atoms with Crippen molar-refractivity contribution in [3.8, 4) is 0 Å². The molecule has 1 aromatic heterocycles. The molecule has 2 fully saturated rings. The first-order valence-corrected chi connectivity index (χ1v) is 9.19. The molecule has 2 aromatic rings. The molecular formula is C17H19N4O3S+.